The number of oxazole rings is 1. The Kier molecular flexibility index (Phi) is 3.57. The van der Waals surface area contributed by atoms with Gasteiger partial charge >= 0.3 is 5.76 Å². The number of aliphatic hydroxyl groups is 1. The zero-order valence-electron chi connectivity index (χ0n) is 10.1. The van der Waals surface area contributed by atoms with E-state index in [-0.39, 0.29) is 0 Å². The normalized spacial score (nSPS) is 12.8. The second-order valence-electron chi connectivity index (χ2n) is 4.34. The van der Waals surface area contributed by atoms with Crippen molar-refractivity contribution in [3.63, 3.8) is 0 Å². The summed E-state index contributed by atoms with van der Waals surface area (Å²) in [5.41, 5.74) is 2.38. The van der Waals surface area contributed by atoms with Gasteiger partial charge < -0.3 is 9.52 Å². The van der Waals surface area contributed by atoms with Gasteiger partial charge in [-0.2, -0.15) is 0 Å². The van der Waals surface area contributed by atoms with Crippen LogP contribution in [-0.2, 0) is 0 Å². The van der Waals surface area contributed by atoms with Crippen molar-refractivity contribution in [1.82, 2.24) is 4.98 Å². The second-order valence-corrected chi connectivity index (χ2v) is 5.94. The third-order valence-corrected chi connectivity index (χ3v) is 4.23. The van der Waals surface area contributed by atoms with Gasteiger partial charge in [0.15, 0.2) is 5.58 Å². The summed E-state index contributed by atoms with van der Waals surface area (Å²) in [5.74, 6) is -0.510. The molecule has 6 heteroatoms. The molecule has 0 saturated heterocycles. The van der Waals surface area contributed by atoms with Gasteiger partial charge in [-0.25, -0.2) is 4.79 Å². The molecule has 0 radical (unpaired) electrons. The molecule has 3 aromatic rings. The van der Waals surface area contributed by atoms with Crippen LogP contribution in [0.2, 0.25) is 5.02 Å². The predicted octanol–water partition coefficient (Wildman–Crippen LogP) is 3.46. The topological polar surface area (TPSA) is 66.2 Å². The second kappa shape index (κ2) is 5.23. The third kappa shape index (κ3) is 2.48. The highest BCUT2D eigenvalue weighted by atomic mass is 127. The summed E-state index contributed by atoms with van der Waals surface area (Å²) < 4.78 is 5.91. The van der Waals surface area contributed by atoms with Crippen LogP contribution in [0.5, 0.6) is 0 Å². The number of aromatic nitrogens is 1. The molecule has 20 heavy (non-hydrogen) atoms. The molecule has 1 atom stereocenters. The first kappa shape index (κ1) is 13.7. The number of rotatable bonds is 2. The van der Waals surface area contributed by atoms with E-state index < -0.39 is 11.9 Å². The fourth-order valence-corrected chi connectivity index (χ4v) is 2.85. The molecule has 1 unspecified atom stereocenters. The lowest BCUT2D eigenvalue weighted by atomic mass is 10.0. The quantitative estimate of drug-likeness (QED) is 0.646. The molecule has 2 N–H and O–H groups in total. The summed E-state index contributed by atoms with van der Waals surface area (Å²) >= 11 is 8.11. The summed E-state index contributed by atoms with van der Waals surface area (Å²) in [6, 6.07) is 10.4. The molecule has 0 aliphatic carbocycles. The van der Waals surface area contributed by atoms with Crippen molar-refractivity contribution >= 4 is 45.3 Å². The molecule has 0 amide bonds. The Hall–Kier alpha value is -1.31. The first-order chi connectivity index (χ1) is 9.54. The van der Waals surface area contributed by atoms with Crippen LogP contribution in [0.15, 0.2) is 45.6 Å². The SMILES string of the molecule is O=c1[nH]c2ccc(C(O)c3cc(Cl)ccc3I)cc2o1. The Labute approximate surface area is 132 Å². The van der Waals surface area contributed by atoms with E-state index in [1.807, 2.05) is 6.07 Å². The Morgan fingerprint density at radius 1 is 1.25 bits per heavy atom. The van der Waals surface area contributed by atoms with Gasteiger partial charge in [0, 0.05) is 8.59 Å². The first-order valence-corrected chi connectivity index (χ1v) is 7.26. The molecule has 2 aromatic carbocycles. The minimum Gasteiger partial charge on any atom is -0.408 e. The zero-order valence-corrected chi connectivity index (χ0v) is 13.0. The Morgan fingerprint density at radius 3 is 2.85 bits per heavy atom. The van der Waals surface area contributed by atoms with Crippen LogP contribution in [0.25, 0.3) is 11.1 Å². The van der Waals surface area contributed by atoms with Crippen LogP contribution in [-0.4, -0.2) is 10.1 Å². The first-order valence-electron chi connectivity index (χ1n) is 5.80. The summed E-state index contributed by atoms with van der Waals surface area (Å²) in [4.78, 5) is 13.7. The van der Waals surface area contributed by atoms with E-state index in [0.717, 1.165) is 9.13 Å². The molecule has 1 aromatic heterocycles. The highest BCUT2D eigenvalue weighted by Crippen LogP contribution is 2.29. The standard InChI is InChI=1S/C14H9ClINO3/c15-8-2-3-10(16)9(6-8)13(18)7-1-4-11-12(5-7)20-14(19)17-11/h1-6,13,18H,(H,17,19). The molecular weight excluding hydrogens is 393 g/mol. The monoisotopic (exact) mass is 401 g/mol. The van der Waals surface area contributed by atoms with E-state index in [1.54, 1.807) is 30.3 Å². The number of nitrogens with one attached hydrogen (secondary N) is 1. The van der Waals surface area contributed by atoms with E-state index in [4.69, 9.17) is 16.0 Å². The Morgan fingerprint density at radius 2 is 2.05 bits per heavy atom. The van der Waals surface area contributed by atoms with Crippen LogP contribution in [0.3, 0.4) is 0 Å². The number of hydrogen-bond acceptors (Lipinski definition) is 3. The molecule has 3 rings (SSSR count). The van der Waals surface area contributed by atoms with Crippen molar-refractivity contribution in [2.45, 2.75) is 6.10 Å². The number of halogens is 2. The summed E-state index contributed by atoms with van der Waals surface area (Å²) in [6.45, 7) is 0. The number of H-pyrrole nitrogens is 1. The highest BCUT2D eigenvalue weighted by Gasteiger charge is 2.15. The maximum absolute atomic E-state index is 11.1. The van der Waals surface area contributed by atoms with Gasteiger partial charge in [-0.1, -0.05) is 17.7 Å². The lowest BCUT2D eigenvalue weighted by molar-refractivity contribution is 0.219. The number of aromatic amines is 1. The van der Waals surface area contributed by atoms with Crippen molar-refractivity contribution in [1.29, 1.82) is 0 Å². The number of benzene rings is 2. The molecule has 0 aliphatic heterocycles. The molecular formula is C14H9ClINO3. The minimum atomic E-state index is -0.829. The van der Waals surface area contributed by atoms with Crippen molar-refractivity contribution in [2.75, 3.05) is 0 Å². The van der Waals surface area contributed by atoms with Crippen LogP contribution < -0.4 is 5.76 Å². The molecule has 0 bridgehead atoms. The average molecular weight is 402 g/mol. The van der Waals surface area contributed by atoms with E-state index in [2.05, 4.69) is 27.6 Å². The highest BCUT2D eigenvalue weighted by molar-refractivity contribution is 14.1. The lowest BCUT2D eigenvalue weighted by Crippen LogP contribution is -2.01. The fraction of sp³-hybridized carbons (Fsp3) is 0.0714. The van der Waals surface area contributed by atoms with Gasteiger partial charge in [0.2, 0.25) is 0 Å². The molecule has 102 valence electrons. The predicted molar refractivity (Wildman–Crippen MR) is 85.1 cm³/mol. The number of aliphatic hydroxyl groups excluding tert-OH is 1. The largest absolute Gasteiger partial charge is 0.417 e. The average Bonchev–Trinajstić information content (AvgIpc) is 2.79. The van der Waals surface area contributed by atoms with Gasteiger partial charge in [-0.05, 0) is 64.0 Å². The summed E-state index contributed by atoms with van der Waals surface area (Å²) in [6.07, 6.45) is -0.829. The van der Waals surface area contributed by atoms with Crippen LogP contribution in [0, 0.1) is 3.57 Å². The maximum Gasteiger partial charge on any atom is 0.417 e. The van der Waals surface area contributed by atoms with Crippen LogP contribution >= 0.6 is 34.2 Å². The van der Waals surface area contributed by atoms with Crippen molar-refractivity contribution < 1.29 is 9.52 Å². The van der Waals surface area contributed by atoms with Crippen molar-refractivity contribution in [2.24, 2.45) is 0 Å². The van der Waals surface area contributed by atoms with E-state index in [9.17, 15) is 9.90 Å². The molecule has 1 heterocycles. The lowest BCUT2D eigenvalue weighted by Gasteiger charge is -2.13. The maximum atomic E-state index is 11.1. The molecule has 0 saturated carbocycles. The van der Waals surface area contributed by atoms with E-state index in [1.165, 1.54) is 0 Å². The van der Waals surface area contributed by atoms with Gasteiger partial charge in [0.1, 0.15) is 6.10 Å². The van der Waals surface area contributed by atoms with Gasteiger partial charge in [-0.3, -0.25) is 4.98 Å². The van der Waals surface area contributed by atoms with Crippen LogP contribution in [0.4, 0.5) is 0 Å². The number of fused-ring (bicyclic) bond motifs is 1. The fourth-order valence-electron chi connectivity index (χ4n) is 2.04. The number of hydrogen-bond donors (Lipinski definition) is 2. The smallest absolute Gasteiger partial charge is 0.408 e. The van der Waals surface area contributed by atoms with E-state index >= 15 is 0 Å². The molecule has 4 nitrogen and oxygen atoms in total. The Bertz CT molecular complexity index is 840. The summed E-state index contributed by atoms with van der Waals surface area (Å²) in [5, 5.41) is 11.0. The minimum absolute atomic E-state index is 0.420. The van der Waals surface area contributed by atoms with Gasteiger partial charge in [0.25, 0.3) is 0 Å². The Balaban J connectivity index is 2.09. The summed E-state index contributed by atoms with van der Waals surface area (Å²) in [7, 11) is 0. The molecule has 0 spiro atoms. The van der Waals surface area contributed by atoms with Crippen molar-refractivity contribution in [3.8, 4) is 0 Å². The molecule has 0 fully saturated rings. The van der Waals surface area contributed by atoms with Crippen molar-refractivity contribution in [3.05, 3.63) is 66.7 Å². The third-order valence-electron chi connectivity index (χ3n) is 3.01. The molecule has 0 aliphatic rings. The zero-order chi connectivity index (χ0) is 14.3. The van der Waals surface area contributed by atoms with Gasteiger partial charge in [0.05, 0.1) is 5.52 Å². The van der Waals surface area contributed by atoms with Gasteiger partial charge in [-0.15, -0.1) is 0 Å². The van der Waals surface area contributed by atoms with E-state index in [0.29, 0.717) is 21.7 Å². The van der Waals surface area contributed by atoms with Crippen LogP contribution in [0.1, 0.15) is 17.2 Å².